The molecule has 3 nitrogen and oxygen atoms in total. The van der Waals surface area contributed by atoms with Crippen molar-refractivity contribution in [1.29, 1.82) is 0 Å². The van der Waals surface area contributed by atoms with Crippen LogP contribution in [0, 0.1) is 0 Å². The number of likely N-dealkylation sites (N-methyl/N-ethyl adjacent to an activating group) is 1. The number of aliphatic hydroxyl groups is 1. The summed E-state index contributed by atoms with van der Waals surface area (Å²) in [5.74, 6) is 0. The minimum atomic E-state index is 0.0977. The molecule has 0 bridgehead atoms. The Balaban J connectivity index is 2.43. The molecule has 0 saturated heterocycles. The highest BCUT2D eigenvalue weighted by Crippen LogP contribution is 2.13. The van der Waals surface area contributed by atoms with Gasteiger partial charge in [0.25, 0.3) is 0 Å². The first-order valence-electron chi connectivity index (χ1n) is 5.66. The lowest BCUT2D eigenvalue weighted by atomic mass is 10.2. The van der Waals surface area contributed by atoms with E-state index in [9.17, 15) is 0 Å². The van der Waals surface area contributed by atoms with Gasteiger partial charge in [0, 0.05) is 19.3 Å². The summed E-state index contributed by atoms with van der Waals surface area (Å²) >= 11 is 0. The smallest absolute Gasteiger partial charge is 0.0681 e. The van der Waals surface area contributed by atoms with E-state index >= 15 is 0 Å². The van der Waals surface area contributed by atoms with Crippen LogP contribution in [0.2, 0.25) is 0 Å². The van der Waals surface area contributed by atoms with Crippen molar-refractivity contribution in [2.75, 3.05) is 25.1 Å². The zero-order valence-electron chi connectivity index (χ0n) is 10.3. The highest BCUT2D eigenvalue weighted by Gasteiger charge is 2.01. The monoisotopic (exact) mass is 223 g/mol. The number of ether oxygens (including phenoxy) is 1. The maximum atomic E-state index is 8.94. The molecule has 0 aliphatic heterocycles. The Morgan fingerprint density at radius 2 is 1.88 bits per heavy atom. The number of hydrogen-bond donors (Lipinski definition) is 1. The first-order chi connectivity index (χ1) is 7.63. The second-order valence-electron chi connectivity index (χ2n) is 4.17. The van der Waals surface area contributed by atoms with Crippen LogP contribution in [0.4, 0.5) is 5.69 Å². The minimum absolute atomic E-state index is 0.0977. The van der Waals surface area contributed by atoms with Crippen molar-refractivity contribution in [3.63, 3.8) is 0 Å². The van der Waals surface area contributed by atoms with E-state index in [2.05, 4.69) is 4.90 Å². The Kier molecular flexibility index (Phi) is 5.29. The lowest BCUT2D eigenvalue weighted by molar-refractivity contribution is 0.0846. The van der Waals surface area contributed by atoms with Gasteiger partial charge in [-0.1, -0.05) is 12.1 Å². The largest absolute Gasteiger partial charge is 0.392 e. The molecule has 16 heavy (non-hydrogen) atoms. The second kappa shape index (κ2) is 6.51. The van der Waals surface area contributed by atoms with Gasteiger partial charge in [0.1, 0.15) is 0 Å². The van der Waals surface area contributed by atoms with Crippen LogP contribution in [-0.2, 0) is 11.3 Å². The summed E-state index contributed by atoms with van der Waals surface area (Å²) in [6, 6.07) is 7.91. The van der Waals surface area contributed by atoms with Gasteiger partial charge in [-0.2, -0.15) is 0 Å². The average Bonchev–Trinajstić information content (AvgIpc) is 2.28. The van der Waals surface area contributed by atoms with Crippen molar-refractivity contribution in [2.24, 2.45) is 0 Å². The van der Waals surface area contributed by atoms with Crippen molar-refractivity contribution in [3.05, 3.63) is 29.8 Å². The van der Waals surface area contributed by atoms with Crippen LogP contribution in [0.5, 0.6) is 0 Å². The van der Waals surface area contributed by atoms with Gasteiger partial charge in [0.15, 0.2) is 0 Å². The molecule has 0 amide bonds. The van der Waals surface area contributed by atoms with Gasteiger partial charge in [-0.3, -0.25) is 0 Å². The third kappa shape index (κ3) is 4.21. The summed E-state index contributed by atoms with van der Waals surface area (Å²) in [5.41, 5.74) is 2.08. The van der Waals surface area contributed by atoms with Crippen LogP contribution in [-0.4, -0.2) is 31.4 Å². The zero-order chi connectivity index (χ0) is 12.0. The Labute approximate surface area is 97.7 Å². The van der Waals surface area contributed by atoms with Gasteiger partial charge >= 0.3 is 0 Å². The molecule has 0 spiro atoms. The van der Waals surface area contributed by atoms with Gasteiger partial charge in [0.05, 0.1) is 19.3 Å². The summed E-state index contributed by atoms with van der Waals surface area (Å²) < 4.78 is 5.50. The number of nitrogens with zero attached hydrogens (tertiary/aromatic N) is 1. The third-order valence-corrected chi connectivity index (χ3v) is 2.44. The maximum absolute atomic E-state index is 8.94. The lowest BCUT2D eigenvalue weighted by Crippen LogP contribution is -2.23. The van der Waals surface area contributed by atoms with E-state index in [4.69, 9.17) is 9.84 Å². The summed E-state index contributed by atoms with van der Waals surface area (Å²) in [7, 11) is 2.04. The predicted octanol–water partition coefficient (Wildman–Crippen LogP) is 2.04. The second-order valence-corrected chi connectivity index (χ2v) is 4.17. The van der Waals surface area contributed by atoms with Crippen LogP contribution in [0.15, 0.2) is 24.3 Å². The maximum Gasteiger partial charge on any atom is 0.0681 e. The van der Waals surface area contributed by atoms with Crippen LogP contribution in [0.1, 0.15) is 19.4 Å². The molecule has 0 saturated carbocycles. The van der Waals surface area contributed by atoms with Crippen molar-refractivity contribution < 1.29 is 9.84 Å². The molecule has 1 N–H and O–H groups in total. The van der Waals surface area contributed by atoms with E-state index in [1.54, 1.807) is 0 Å². The van der Waals surface area contributed by atoms with Crippen LogP contribution in [0.3, 0.4) is 0 Å². The highest BCUT2D eigenvalue weighted by molar-refractivity contribution is 5.46. The molecule has 1 aromatic carbocycles. The fraction of sp³-hybridized carbons (Fsp3) is 0.538. The van der Waals surface area contributed by atoms with Crippen molar-refractivity contribution in [1.82, 2.24) is 0 Å². The molecule has 1 rings (SSSR count). The SMILES string of the molecule is CC(C)OCCN(C)c1ccc(CO)cc1. The molecular formula is C13H21NO2. The quantitative estimate of drug-likeness (QED) is 0.801. The topological polar surface area (TPSA) is 32.7 Å². The lowest BCUT2D eigenvalue weighted by Gasteiger charge is -2.20. The highest BCUT2D eigenvalue weighted by atomic mass is 16.5. The van der Waals surface area contributed by atoms with Gasteiger partial charge < -0.3 is 14.7 Å². The molecule has 0 fully saturated rings. The summed E-state index contributed by atoms with van der Waals surface area (Å²) in [6.07, 6.45) is 0.283. The normalized spacial score (nSPS) is 10.8. The first-order valence-corrected chi connectivity index (χ1v) is 5.66. The van der Waals surface area contributed by atoms with E-state index in [1.807, 2.05) is 45.2 Å². The molecule has 1 aromatic rings. The standard InChI is InChI=1S/C13H21NO2/c1-11(2)16-9-8-14(3)13-6-4-12(10-15)5-7-13/h4-7,11,15H,8-10H2,1-3H3. The number of anilines is 1. The molecule has 3 heteroatoms. The van der Waals surface area contributed by atoms with E-state index in [0.29, 0.717) is 0 Å². The van der Waals surface area contributed by atoms with Crippen LogP contribution in [0.25, 0.3) is 0 Å². The molecule has 0 aromatic heterocycles. The van der Waals surface area contributed by atoms with Gasteiger partial charge in [-0.05, 0) is 31.5 Å². The molecule has 0 heterocycles. The Morgan fingerprint density at radius 1 is 1.25 bits per heavy atom. The van der Waals surface area contributed by atoms with E-state index < -0.39 is 0 Å². The molecule has 0 aliphatic rings. The molecule has 0 radical (unpaired) electrons. The van der Waals surface area contributed by atoms with Crippen molar-refractivity contribution in [3.8, 4) is 0 Å². The Bertz CT molecular complexity index is 295. The van der Waals surface area contributed by atoms with Gasteiger partial charge in [-0.15, -0.1) is 0 Å². The van der Waals surface area contributed by atoms with Gasteiger partial charge in [0.2, 0.25) is 0 Å². The summed E-state index contributed by atoms with van der Waals surface area (Å²) in [5, 5.41) is 8.94. The Morgan fingerprint density at radius 3 is 2.38 bits per heavy atom. The first kappa shape index (κ1) is 13.0. The average molecular weight is 223 g/mol. The zero-order valence-corrected chi connectivity index (χ0v) is 10.3. The number of aliphatic hydroxyl groups excluding tert-OH is 1. The number of hydrogen-bond acceptors (Lipinski definition) is 3. The number of rotatable bonds is 6. The minimum Gasteiger partial charge on any atom is -0.392 e. The van der Waals surface area contributed by atoms with Crippen LogP contribution >= 0.6 is 0 Å². The predicted molar refractivity (Wildman–Crippen MR) is 66.7 cm³/mol. The van der Waals surface area contributed by atoms with Crippen molar-refractivity contribution in [2.45, 2.75) is 26.6 Å². The fourth-order valence-corrected chi connectivity index (χ4v) is 1.41. The number of benzene rings is 1. The molecular weight excluding hydrogens is 202 g/mol. The van der Waals surface area contributed by atoms with E-state index in [1.165, 1.54) is 0 Å². The van der Waals surface area contributed by atoms with Crippen LogP contribution < -0.4 is 4.90 Å². The molecule has 0 aliphatic carbocycles. The third-order valence-electron chi connectivity index (χ3n) is 2.44. The van der Waals surface area contributed by atoms with E-state index in [-0.39, 0.29) is 12.7 Å². The summed E-state index contributed by atoms with van der Waals surface area (Å²) in [4.78, 5) is 2.14. The van der Waals surface area contributed by atoms with Crippen molar-refractivity contribution >= 4 is 5.69 Å². The van der Waals surface area contributed by atoms with E-state index in [0.717, 1.165) is 24.4 Å². The fourth-order valence-electron chi connectivity index (χ4n) is 1.41. The van der Waals surface area contributed by atoms with Gasteiger partial charge in [-0.25, -0.2) is 0 Å². The molecule has 0 unspecified atom stereocenters. The summed E-state index contributed by atoms with van der Waals surface area (Å²) in [6.45, 7) is 5.78. The molecule has 90 valence electrons. The molecule has 0 atom stereocenters. The Hall–Kier alpha value is -1.06.